The molecule has 1 aliphatic heterocycles. The number of rotatable bonds is 10. The Morgan fingerprint density at radius 2 is 1.66 bits per heavy atom. The van der Waals surface area contributed by atoms with Gasteiger partial charge in [-0.3, -0.25) is 14.5 Å². The molecule has 156 valence electrons. The third kappa shape index (κ3) is 7.28. The number of nitrogens with one attached hydrogen (secondary N) is 1. The van der Waals surface area contributed by atoms with Gasteiger partial charge in [-0.1, -0.05) is 60.7 Å². The average Bonchev–Trinajstić information content (AvgIpc) is 2.78. The fourth-order valence-corrected chi connectivity index (χ4v) is 3.92. The number of esters is 1. The first-order valence-corrected chi connectivity index (χ1v) is 10.5. The third-order valence-corrected chi connectivity index (χ3v) is 5.62. The van der Waals surface area contributed by atoms with Gasteiger partial charge in [-0.15, -0.1) is 0 Å². The Morgan fingerprint density at radius 1 is 1.03 bits per heavy atom. The summed E-state index contributed by atoms with van der Waals surface area (Å²) in [5, 5.41) is 0. The average molecular weight is 397 g/mol. The molecule has 5 nitrogen and oxygen atoms in total. The van der Waals surface area contributed by atoms with E-state index in [1.807, 2.05) is 30.3 Å². The Labute approximate surface area is 174 Å². The number of piperidine rings is 1. The van der Waals surface area contributed by atoms with Crippen molar-refractivity contribution >= 4 is 5.97 Å². The van der Waals surface area contributed by atoms with Crippen LogP contribution >= 0.6 is 0 Å². The molecule has 1 N–H and O–H groups in total. The zero-order chi connectivity index (χ0) is 20.3. The highest BCUT2D eigenvalue weighted by molar-refractivity contribution is 5.72. The van der Waals surface area contributed by atoms with Crippen molar-refractivity contribution in [2.75, 3.05) is 26.7 Å². The standard InChI is InChI=1S/C24H32N2O3/c1-28-24(27)23(17-25-29-19-22-10-6-3-7-11-22)16-20-12-14-26(15-13-20)18-21-8-4-2-5-9-21/h2-11,20,23,25H,12-19H2,1H3/t23-/m1/s1. The Bertz CT molecular complexity index is 715. The molecule has 29 heavy (non-hydrogen) atoms. The predicted molar refractivity (Wildman–Crippen MR) is 114 cm³/mol. The number of carbonyl (C=O) groups is 1. The van der Waals surface area contributed by atoms with Crippen molar-refractivity contribution in [2.24, 2.45) is 11.8 Å². The second-order valence-corrected chi connectivity index (χ2v) is 7.78. The summed E-state index contributed by atoms with van der Waals surface area (Å²) < 4.78 is 5.02. The lowest BCUT2D eigenvalue weighted by Gasteiger charge is -2.33. The number of nitrogens with zero attached hydrogens (tertiary/aromatic N) is 1. The second-order valence-electron chi connectivity index (χ2n) is 7.78. The van der Waals surface area contributed by atoms with E-state index in [1.165, 1.54) is 12.7 Å². The summed E-state index contributed by atoms with van der Waals surface area (Å²) in [6, 6.07) is 20.6. The van der Waals surface area contributed by atoms with Gasteiger partial charge in [-0.05, 0) is 49.4 Å². The van der Waals surface area contributed by atoms with Gasteiger partial charge in [0.1, 0.15) is 0 Å². The zero-order valence-electron chi connectivity index (χ0n) is 17.3. The molecular weight excluding hydrogens is 364 g/mol. The van der Waals surface area contributed by atoms with Crippen LogP contribution in [0.3, 0.4) is 0 Å². The van der Waals surface area contributed by atoms with Crippen LogP contribution in [0.4, 0.5) is 0 Å². The van der Waals surface area contributed by atoms with Gasteiger partial charge in [-0.25, -0.2) is 5.48 Å². The molecule has 0 aromatic heterocycles. The molecule has 5 heteroatoms. The van der Waals surface area contributed by atoms with Crippen LogP contribution in [0.25, 0.3) is 0 Å². The number of methoxy groups -OCH3 is 1. The fraction of sp³-hybridized carbons (Fsp3) is 0.458. The Morgan fingerprint density at radius 3 is 2.28 bits per heavy atom. The first-order valence-electron chi connectivity index (χ1n) is 10.5. The van der Waals surface area contributed by atoms with Crippen LogP contribution < -0.4 is 5.48 Å². The van der Waals surface area contributed by atoms with Crippen molar-refractivity contribution in [3.8, 4) is 0 Å². The maximum Gasteiger partial charge on any atom is 0.310 e. The van der Waals surface area contributed by atoms with E-state index >= 15 is 0 Å². The summed E-state index contributed by atoms with van der Waals surface area (Å²) in [4.78, 5) is 20.3. The van der Waals surface area contributed by atoms with Gasteiger partial charge in [0.15, 0.2) is 0 Å². The van der Waals surface area contributed by atoms with Crippen molar-refractivity contribution < 1.29 is 14.4 Å². The number of likely N-dealkylation sites (tertiary alicyclic amines) is 1. The summed E-state index contributed by atoms with van der Waals surface area (Å²) >= 11 is 0. The van der Waals surface area contributed by atoms with E-state index in [9.17, 15) is 4.79 Å². The Balaban J connectivity index is 1.40. The zero-order valence-corrected chi connectivity index (χ0v) is 17.3. The number of hydroxylamine groups is 1. The molecule has 2 aromatic rings. The molecule has 0 amide bonds. The van der Waals surface area contributed by atoms with Crippen molar-refractivity contribution in [1.29, 1.82) is 0 Å². The quantitative estimate of drug-likeness (QED) is 0.376. The number of hydrogen-bond acceptors (Lipinski definition) is 5. The number of benzene rings is 2. The number of ether oxygens (including phenoxy) is 1. The Hall–Kier alpha value is -2.21. The van der Waals surface area contributed by atoms with E-state index in [2.05, 4.69) is 40.7 Å². The highest BCUT2D eigenvalue weighted by Crippen LogP contribution is 2.25. The predicted octanol–water partition coefficient (Wildman–Crippen LogP) is 3.80. The lowest BCUT2D eigenvalue weighted by molar-refractivity contribution is -0.147. The monoisotopic (exact) mass is 396 g/mol. The molecule has 1 fully saturated rings. The molecule has 3 rings (SSSR count). The van der Waals surface area contributed by atoms with Gasteiger partial charge in [0, 0.05) is 13.1 Å². The van der Waals surface area contributed by atoms with Gasteiger partial charge in [0.05, 0.1) is 19.6 Å². The van der Waals surface area contributed by atoms with E-state index < -0.39 is 0 Å². The van der Waals surface area contributed by atoms with E-state index in [-0.39, 0.29) is 11.9 Å². The first kappa shape index (κ1) is 21.5. The molecular formula is C24H32N2O3. The lowest BCUT2D eigenvalue weighted by atomic mass is 9.87. The largest absolute Gasteiger partial charge is 0.469 e. The molecule has 0 saturated carbocycles. The van der Waals surface area contributed by atoms with Gasteiger partial charge < -0.3 is 4.74 Å². The van der Waals surface area contributed by atoms with E-state index in [4.69, 9.17) is 9.57 Å². The molecule has 0 unspecified atom stereocenters. The molecule has 0 aliphatic carbocycles. The SMILES string of the molecule is COC(=O)[C@@H](CNOCc1ccccc1)CC1CCN(Cc2ccccc2)CC1. The normalized spacial score (nSPS) is 16.4. The minimum atomic E-state index is -0.179. The van der Waals surface area contributed by atoms with E-state index in [1.54, 1.807) is 0 Å². The smallest absolute Gasteiger partial charge is 0.310 e. The molecule has 1 atom stereocenters. The van der Waals surface area contributed by atoms with Crippen LogP contribution in [0.1, 0.15) is 30.4 Å². The van der Waals surface area contributed by atoms with Gasteiger partial charge in [-0.2, -0.15) is 0 Å². The van der Waals surface area contributed by atoms with Crippen LogP contribution in [0.15, 0.2) is 60.7 Å². The van der Waals surface area contributed by atoms with E-state index in [0.29, 0.717) is 19.1 Å². The highest BCUT2D eigenvalue weighted by Gasteiger charge is 2.27. The Kier molecular flexibility index (Phi) is 8.68. The van der Waals surface area contributed by atoms with Gasteiger partial charge in [0.2, 0.25) is 0 Å². The topological polar surface area (TPSA) is 50.8 Å². The molecule has 1 aliphatic rings. The fourth-order valence-electron chi connectivity index (χ4n) is 3.92. The molecule has 0 radical (unpaired) electrons. The summed E-state index contributed by atoms with van der Waals surface area (Å²) in [6.45, 7) is 4.11. The molecule has 1 heterocycles. The maximum atomic E-state index is 12.2. The molecule has 1 saturated heterocycles. The van der Waals surface area contributed by atoms with Crippen LogP contribution in [0, 0.1) is 11.8 Å². The maximum absolute atomic E-state index is 12.2. The third-order valence-electron chi connectivity index (χ3n) is 5.62. The summed E-state index contributed by atoms with van der Waals surface area (Å²) in [6.07, 6.45) is 3.07. The molecule has 0 spiro atoms. The van der Waals surface area contributed by atoms with Gasteiger partial charge in [0.25, 0.3) is 0 Å². The minimum Gasteiger partial charge on any atom is -0.469 e. The van der Waals surface area contributed by atoms with E-state index in [0.717, 1.165) is 44.5 Å². The summed E-state index contributed by atoms with van der Waals surface area (Å²) in [7, 11) is 1.46. The first-order chi connectivity index (χ1) is 14.2. The van der Waals surface area contributed by atoms with Crippen LogP contribution in [0.5, 0.6) is 0 Å². The number of carbonyl (C=O) groups excluding carboxylic acids is 1. The van der Waals surface area contributed by atoms with Crippen LogP contribution in [0.2, 0.25) is 0 Å². The summed E-state index contributed by atoms with van der Waals surface area (Å²) in [5.41, 5.74) is 5.43. The van der Waals surface area contributed by atoms with Crippen LogP contribution in [-0.4, -0.2) is 37.6 Å². The molecule has 2 aromatic carbocycles. The van der Waals surface area contributed by atoms with Crippen molar-refractivity contribution in [2.45, 2.75) is 32.4 Å². The minimum absolute atomic E-state index is 0.160. The highest BCUT2D eigenvalue weighted by atomic mass is 16.6. The lowest BCUT2D eigenvalue weighted by Crippen LogP contribution is -2.36. The van der Waals surface area contributed by atoms with Crippen molar-refractivity contribution in [1.82, 2.24) is 10.4 Å². The second kappa shape index (κ2) is 11.7. The summed E-state index contributed by atoms with van der Waals surface area (Å²) in [5.74, 6) is 0.205. The number of hydrogen-bond donors (Lipinski definition) is 1. The van der Waals surface area contributed by atoms with Gasteiger partial charge >= 0.3 is 5.97 Å². The van der Waals surface area contributed by atoms with Crippen molar-refractivity contribution in [3.05, 3.63) is 71.8 Å². The van der Waals surface area contributed by atoms with Crippen LogP contribution in [-0.2, 0) is 27.5 Å². The molecule has 0 bridgehead atoms. The van der Waals surface area contributed by atoms with Crippen molar-refractivity contribution in [3.63, 3.8) is 0 Å².